The lowest BCUT2D eigenvalue weighted by atomic mass is 10.0. The van der Waals surface area contributed by atoms with E-state index in [1.54, 1.807) is 6.07 Å². The second kappa shape index (κ2) is 8.28. The highest BCUT2D eigenvalue weighted by Crippen LogP contribution is 2.28. The van der Waals surface area contributed by atoms with Crippen LogP contribution in [0.15, 0.2) is 47.4 Å². The first-order valence-electron chi connectivity index (χ1n) is 9.06. The van der Waals surface area contributed by atoms with Crippen LogP contribution in [-0.4, -0.2) is 38.8 Å². The van der Waals surface area contributed by atoms with Gasteiger partial charge in [0.15, 0.2) is 0 Å². The summed E-state index contributed by atoms with van der Waals surface area (Å²) in [4.78, 5) is 12.7. The number of methoxy groups -OCH3 is 1. The minimum absolute atomic E-state index is 0.0345. The van der Waals surface area contributed by atoms with E-state index in [0.717, 1.165) is 12.8 Å². The zero-order valence-electron chi connectivity index (χ0n) is 15.8. The standard InChI is InChI=1S/C20H23FN2O4S/c1-14-8-10-23(11-9-14)28(25,26)17-6-7-19(27-2)18(13-17)20(24)22-16-5-3-4-15(21)12-16/h3-7,12-14H,8-11H2,1-2H3,(H,22,24). The van der Waals surface area contributed by atoms with E-state index < -0.39 is 21.7 Å². The van der Waals surface area contributed by atoms with Gasteiger partial charge >= 0.3 is 0 Å². The molecule has 0 aromatic heterocycles. The van der Waals surface area contributed by atoms with Crippen LogP contribution in [0.3, 0.4) is 0 Å². The van der Waals surface area contributed by atoms with Crippen LogP contribution in [0.2, 0.25) is 0 Å². The number of hydrogen-bond donors (Lipinski definition) is 1. The predicted molar refractivity (Wildman–Crippen MR) is 105 cm³/mol. The molecule has 1 amide bonds. The van der Waals surface area contributed by atoms with E-state index in [-0.39, 0.29) is 21.9 Å². The van der Waals surface area contributed by atoms with Gasteiger partial charge in [-0.1, -0.05) is 13.0 Å². The topological polar surface area (TPSA) is 75.7 Å². The zero-order valence-corrected chi connectivity index (χ0v) is 16.6. The van der Waals surface area contributed by atoms with E-state index in [1.165, 1.54) is 47.8 Å². The lowest BCUT2D eigenvalue weighted by Crippen LogP contribution is -2.37. The number of hydrogen-bond acceptors (Lipinski definition) is 4. The van der Waals surface area contributed by atoms with Gasteiger partial charge in [-0.05, 0) is 55.2 Å². The highest BCUT2D eigenvalue weighted by atomic mass is 32.2. The quantitative estimate of drug-likeness (QED) is 0.825. The normalized spacial score (nSPS) is 16.0. The van der Waals surface area contributed by atoms with Crippen molar-refractivity contribution in [3.05, 3.63) is 53.8 Å². The maximum atomic E-state index is 13.4. The summed E-state index contributed by atoms with van der Waals surface area (Å²) in [6.07, 6.45) is 1.62. The Labute approximate surface area is 164 Å². The Morgan fingerprint density at radius 3 is 2.54 bits per heavy atom. The number of benzene rings is 2. The Balaban J connectivity index is 1.90. The number of amides is 1. The Morgan fingerprint density at radius 1 is 1.18 bits per heavy atom. The van der Waals surface area contributed by atoms with Crippen molar-refractivity contribution in [3.8, 4) is 5.75 Å². The predicted octanol–water partition coefficient (Wildman–Crippen LogP) is 3.51. The van der Waals surface area contributed by atoms with E-state index in [9.17, 15) is 17.6 Å². The molecule has 1 N–H and O–H groups in total. The van der Waals surface area contributed by atoms with Crippen LogP contribution >= 0.6 is 0 Å². The van der Waals surface area contributed by atoms with E-state index in [4.69, 9.17) is 4.74 Å². The molecule has 0 unspecified atom stereocenters. The second-order valence-corrected chi connectivity index (χ2v) is 8.85. The van der Waals surface area contributed by atoms with E-state index in [0.29, 0.717) is 19.0 Å². The molecule has 1 aliphatic rings. The highest BCUT2D eigenvalue weighted by Gasteiger charge is 2.29. The van der Waals surface area contributed by atoms with Crippen molar-refractivity contribution in [2.45, 2.75) is 24.7 Å². The van der Waals surface area contributed by atoms with Crippen LogP contribution in [0, 0.1) is 11.7 Å². The maximum absolute atomic E-state index is 13.4. The van der Waals surface area contributed by atoms with Gasteiger partial charge < -0.3 is 10.1 Å². The number of sulfonamides is 1. The summed E-state index contributed by atoms with van der Waals surface area (Å²) in [5.74, 6) is -0.331. The molecule has 1 aliphatic heterocycles. The number of halogens is 1. The molecule has 6 nitrogen and oxygen atoms in total. The SMILES string of the molecule is COc1ccc(S(=O)(=O)N2CCC(C)CC2)cc1C(=O)Nc1cccc(F)c1. The van der Waals surface area contributed by atoms with Gasteiger partial charge in [0, 0.05) is 18.8 Å². The van der Waals surface area contributed by atoms with Crippen molar-refractivity contribution in [1.29, 1.82) is 0 Å². The Morgan fingerprint density at radius 2 is 1.89 bits per heavy atom. The average Bonchev–Trinajstić information content (AvgIpc) is 2.67. The summed E-state index contributed by atoms with van der Waals surface area (Å²) in [6, 6.07) is 9.66. The number of carbonyl (C=O) groups is 1. The van der Waals surface area contributed by atoms with Crippen molar-refractivity contribution in [1.82, 2.24) is 4.31 Å². The maximum Gasteiger partial charge on any atom is 0.259 e. The summed E-state index contributed by atoms with van der Waals surface area (Å²) in [5, 5.41) is 2.57. The molecule has 3 rings (SSSR count). The third-order valence-corrected chi connectivity index (χ3v) is 6.77. The molecule has 0 saturated carbocycles. The molecular formula is C20H23FN2O4S. The molecule has 1 heterocycles. The molecule has 28 heavy (non-hydrogen) atoms. The van der Waals surface area contributed by atoms with Crippen LogP contribution in [0.25, 0.3) is 0 Å². The number of nitrogens with one attached hydrogen (secondary N) is 1. The van der Waals surface area contributed by atoms with Crippen LogP contribution in [0.1, 0.15) is 30.1 Å². The fourth-order valence-corrected chi connectivity index (χ4v) is 4.66. The monoisotopic (exact) mass is 406 g/mol. The second-order valence-electron chi connectivity index (χ2n) is 6.91. The number of ether oxygens (including phenoxy) is 1. The fraction of sp³-hybridized carbons (Fsp3) is 0.350. The van der Waals surface area contributed by atoms with Crippen LogP contribution < -0.4 is 10.1 Å². The van der Waals surface area contributed by atoms with Gasteiger partial charge in [0.05, 0.1) is 17.6 Å². The van der Waals surface area contributed by atoms with Crippen molar-refractivity contribution in [2.24, 2.45) is 5.92 Å². The molecule has 150 valence electrons. The van der Waals surface area contributed by atoms with Gasteiger partial charge in [0.2, 0.25) is 10.0 Å². The minimum atomic E-state index is -3.71. The molecule has 0 aliphatic carbocycles. The smallest absolute Gasteiger partial charge is 0.259 e. The zero-order chi connectivity index (χ0) is 20.3. The van der Waals surface area contributed by atoms with Crippen LogP contribution in [0.5, 0.6) is 5.75 Å². The van der Waals surface area contributed by atoms with Gasteiger partial charge in [-0.3, -0.25) is 4.79 Å². The van der Waals surface area contributed by atoms with Gasteiger partial charge in [0.1, 0.15) is 11.6 Å². The molecule has 1 saturated heterocycles. The van der Waals surface area contributed by atoms with Crippen molar-refractivity contribution >= 4 is 21.6 Å². The molecule has 0 spiro atoms. The molecule has 0 radical (unpaired) electrons. The first-order chi connectivity index (χ1) is 13.3. The Bertz CT molecular complexity index is 970. The first-order valence-corrected chi connectivity index (χ1v) is 10.5. The molecular weight excluding hydrogens is 383 g/mol. The van der Waals surface area contributed by atoms with Gasteiger partial charge in [-0.25, -0.2) is 12.8 Å². The van der Waals surface area contributed by atoms with E-state index in [1.807, 2.05) is 0 Å². The molecule has 0 bridgehead atoms. The number of nitrogens with zero attached hydrogens (tertiary/aromatic N) is 1. The van der Waals surface area contributed by atoms with Gasteiger partial charge in [-0.15, -0.1) is 0 Å². The third kappa shape index (κ3) is 4.34. The van der Waals surface area contributed by atoms with Gasteiger partial charge in [-0.2, -0.15) is 4.31 Å². The fourth-order valence-electron chi connectivity index (χ4n) is 3.16. The lowest BCUT2D eigenvalue weighted by Gasteiger charge is -2.29. The Kier molecular flexibility index (Phi) is 6.00. The highest BCUT2D eigenvalue weighted by molar-refractivity contribution is 7.89. The summed E-state index contributed by atoms with van der Waals surface area (Å²) < 4.78 is 46.0. The van der Waals surface area contributed by atoms with Gasteiger partial charge in [0.25, 0.3) is 5.91 Å². The van der Waals surface area contributed by atoms with Crippen molar-refractivity contribution < 1.29 is 22.3 Å². The van der Waals surface area contributed by atoms with Crippen molar-refractivity contribution in [3.63, 3.8) is 0 Å². The molecule has 8 heteroatoms. The molecule has 1 fully saturated rings. The average molecular weight is 406 g/mol. The summed E-state index contributed by atoms with van der Waals surface area (Å²) in [5.41, 5.74) is 0.337. The number of piperidine rings is 1. The largest absolute Gasteiger partial charge is 0.496 e. The van der Waals surface area contributed by atoms with Crippen LogP contribution in [0.4, 0.5) is 10.1 Å². The number of carbonyl (C=O) groups excluding carboxylic acids is 1. The lowest BCUT2D eigenvalue weighted by molar-refractivity contribution is 0.102. The molecule has 0 atom stereocenters. The Hall–Kier alpha value is -2.45. The van der Waals surface area contributed by atoms with Crippen LogP contribution in [-0.2, 0) is 10.0 Å². The minimum Gasteiger partial charge on any atom is -0.496 e. The molecule has 2 aromatic carbocycles. The number of rotatable bonds is 5. The number of anilines is 1. The molecule has 2 aromatic rings. The van der Waals surface area contributed by atoms with E-state index in [2.05, 4.69) is 12.2 Å². The van der Waals surface area contributed by atoms with Crippen molar-refractivity contribution in [2.75, 3.05) is 25.5 Å². The van der Waals surface area contributed by atoms with E-state index >= 15 is 0 Å². The first kappa shape index (κ1) is 20.3. The summed E-state index contributed by atoms with van der Waals surface area (Å²) in [7, 11) is -2.31. The summed E-state index contributed by atoms with van der Waals surface area (Å²) in [6.45, 7) is 3.02. The third-order valence-electron chi connectivity index (χ3n) is 4.88. The summed E-state index contributed by atoms with van der Waals surface area (Å²) >= 11 is 0.